The summed E-state index contributed by atoms with van der Waals surface area (Å²) in [5.74, 6) is 0.376. The first kappa shape index (κ1) is 8.82. The van der Waals surface area contributed by atoms with E-state index in [1.807, 2.05) is 0 Å². The van der Waals surface area contributed by atoms with Gasteiger partial charge in [-0.05, 0) is 11.6 Å². The second-order valence-electron chi connectivity index (χ2n) is 2.56. The van der Waals surface area contributed by atoms with Gasteiger partial charge < -0.3 is 5.73 Å². The van der Waals surface area contributed by atoms with E-state index in [1.54, 1.807) is 13.2 Å². The number of hydrogen-bond acceptors (Lipinski definition) is 6. The van der Waals surface area contributed by atoms with Gasteiger partial charge in [0.25, 0.3) is 0 Å². The van der Waals surface area contributed by atoms with Crippen LogP contribution in [0.3, 0.4) is 0 Å². The molecule has 8 heteroatoms. The van der Waals surface area contributed by atoms with Crippen molar-refractivity contribution in [2.75, 3.05) is 5.73 Å². The van der Waals surface area contributed by atoms with Gasteiger partial charge in [0.05, 0.1) is 6.20 Å². The van der Waals surface area contributed by atoms with Crippen LogP contribution < -0.4 is 5.73 Å². The maximum Gasteiger partial charge on any atom is 0.227 e. The molecule has 2 aromatic rings. The average Bonchev–Trinajstić information content (AvgIpc) is 2.50. The summed E-state index contributed by atoms with van der Waals surface area (Å²) in [6.07, 6.45) is 1.66. The fourth-order valence-electron chi connectivity index (χ4n) is 0.930. The smallest absolute Gasteiger partial charge is 0.227 e. The molecule has 0 saturated carbocycles. The van der Waals surface area contributed by atoms with Crippen molar-refractivity contribution in [1.82, 2.24) is 29.9 Å². The Morgan fingerprint density at radius 1 is 1.36 bits per heavy atom. The van der Waals surface area contributed by atoms with E-state index in [4.69, 9.17) is 17.3 Å². The standard InChI is InChI=1S/C6H6ClN7/c1-14-2-3(12-13-14)4-9-5(7)11-6(8)10-4/h2H,1H3,(H2,8,9,10,11). The Hall–Kier alpha value is -1.76. The first-order valence-electron chi connectivity index (χ1n) is 3.69. The summed E-state index contributed by atoms with van der Waals surface area (Å²) < 4.78 is 1.53. The number of nitrogens with two attached hydrogens (primary N) is 1. The normalized spacial score (nSPS) is 10.4. The summed E-state index contributed by atoms with van der Waals surface area (Å²) in [5.41, 5.74) is 5.91. The highest BCUT2D eigenvalue weighted by Crippen LogP contribution is 2.12. The average molecular weight is 212 g/mol. The number of aryl methyl sites for hydroxylation is 1. The zero-order chi connectivity index (χ0) is 10.1. The zero-order valence-corrected chi connectivity index (χ0v) is 7.97. The topological polar surface area (TPSA) is 95.4 Å². The molecule has 0 spiro atoms. The molecule has 2 rings (SSSR count). The van der Waals surface area contributed by atoms with Crippen molar-refractivity contribution >= 4 is 17.5 Å². The molecule has 0 saturated heterocycles. The van der Waals surface area contributed by atoms with Gasteiger partial charge in [-0.15, -0.1) is 5.10 Å². The lowest BCUT2D eigenvalue weighted by Crippen LogP contribution is -2.00. The van der Waals surface area contributed by atoms with Gasteiger partial charge in [-0.25, -0.2) is 0 Å². The van der Waals surface area contributed by atoms with E-state index in [0.29, 0.717) is 11.5 Å². The molecule has 0 fully saturated rings. The van der Waals surface area contributed by atoms with Crippen molar-refractivity contribution < 1.29 is 0 Å². The highest BCUT2D eigenvalue weighted by molar-refractivity contribution is 6.28. The van der Waals surface area contributed by atoms with Crippen molar-refractivity contribution in [3.63, 3.8) is 0 Å². The molecule has 7 nitrogen and oxygen atoms in total. The van der Waals surface area contributed by atoms with Crippen LogP contribution in [0.1, 0.15) is 0 Å². The molecule has 72 valence electrons. The lowest BCUT2D eigenvalue weighted by Gasteiger charge is -1.95. The molecule has 0 aliphatic carbocycles. The fourth-order valence-corrected chi connectivity index (χ4v) is 1.10. The third-order valence-corrected chi connectivity index (χ3v) is 1.63. The minimum absolute atomic E-state index is 0.0400. The van der Waals surface area contributed by atoms with E-state index in [2.05, 4.69) is 25.3 Å². The van der Waals surface area contributed by atoms with Gasteiger partial charge in [-0.3, -0.25) is 4.68 Å². The number of rotatable bonds is 1. The van der Waals surface area contributed by atoms with Crippen LogP contribution in [0.4, 0.5) is 5.95 Å². The molecule has 0 aliphatic rings. The van der Waals surface area contributed by atoms with Crippen molar-refractivity contribution in [2.45, 2.75) is 0 Å². The van der Waals surface area contributed by atoms with Crippen LogP contribution in [0.2, 0.25) is 5.28 Å². The number of aromatic nitrogens is 6. The number of anilines is 1. The van der Waals surface area contributed by atoms with Crippen LogP contribution >= 0.6 is 11.6 Å². The molecule has 0 bridgehead atoms. The Morgan fingerprint density at radius 2 is 2.14 bits per heavy atom. The summed E-state index contributed by atoms with van der Waals surface area (Å²) >= 11 is 5.61. The zero-order valence-electron chi connectivity index (χ0n) is 7.22. The monoisotopic (exact) mass is 211 g/mol. The van der Waals surface area contributed by atoms with E-state index < -0.39 is 0 Å². The van der Waals surface area contributed by atoms with E-state index in [9.17, 15) is 0 Å². The minimum atomic E-state index is 0.0400. The molecular formula is C6H6ClN7. The molecule has 14 heavy (non-hydrogen) atoms. The van der Waals surface area contributed by atoms with Crippen molar-refractivity contribution in [2.24, 2.45) is 7.05 Å². The van der Waals surface area contributed by atoms with Gasteiger partial charge in [0.15, 0.2) is 11.5 Å². The number of nitrogen functional groups attached to an aromatic ring is 1. The van der Waals surface area contributed by atoms with Gasteiger partial charge in [-0.2, -0.15) is 15.0 Å². The summed E-state index contributed by atoms with van der Waals surface area (Å²) in [7, 11) is 1.74. The predicted molar refractivity (Wildman–Crippen MR) is 49.2 cm³/mol. The van der Waals surface area contributed by atoms with Gasteiger partial charge >= 0.3 is 0 Å². The minimum Gasteiger partial charge on any atom is -0.368 e. The molecule has 2 heterocycles. The van der Waals surface area contributed by atoms with Crippen LogP contribution in [0.15, 0.2) is 6.20 Å². The first-order chi connectivity index (χ1) is 6.65. The molecule has 0 unspecified atom stereocenters. The van der Waals surface area contributed by atoms with Crippen molar-refractivity contribution in [1.29, 1.82) is 0 Å². The Bertz CT molecular complexity index is 445. The number of nitrogens with zero attached hydrogens (tertiary/aromatic N) is 6. The van der Waals surface area contributed by atoms with Crippen LogP contribution in [0.5, 0.6) is 0 Å². The van der Waals surface area contributed by atoms with Gasteiger partial charge in [0.2, 0.25) is 11.2 Å². The van der Waals surface area contributed by atoms with Crippen LogP contribution in [-0.4, -0.2) is 29.9 Å². The summed E-state index contributed by atoms with van der Waals surface area (Å²) in [5, 5.41) is 7.59. The molecule has 0 aromatic carbocycles. The summed E-state index contributed by atoms with van der Waals surface area (Å²) in [4.78, 5) is 11.4. The molecule has 0 atom stereocenters. The number of hydrogen-bond donors (Lipinski definition) is 1. The highest BCUT2D eigenvalue weighted by Gasteiger charge is 2.08. The lowest BCUT2D eigenvalue weighted by atomic mass is 10.4. The largest absolute Gasteiger partial charge is 0.368 e. The predicted octanol–water partition coefficient (Wildman–Crippen LogP) is -0.0973. The van der Waals surface area contributed by atoms with Crippen LogP contribution in [0, 0.1) is 0 Å². The summed E-state index contributed by atoms with van der Waals surface area (Å²) in [6.45, 7) is 0. The molecule has 0 amide bonds. The van der Waals surface area contributed by atoms with E-state index in [0.717, 1.165) is 0 Å². The quantitative estimate of drug-likeness (QED) is 0.708. The Labute approximate surface area is 84.0 Å². The molecule has 2 N–H and O–H groups in total. The van der Waals surface area contributed by atoms with Gasteiger partial charge in [0, 0.05) is 7.05 Å². The molecule has 2 aromatic heterocycles. The van der Waals surface area contributed by atoms with E-state index in [-0.39, 0.29) is 11.2 Å². The maximum absolute atomic E-state index is 5.61. The second-order valence-corrected chi connectivity index (χ2v) is 2.90. The van der Waals surface area contributed by atoms with Crippen molar-refractivity contribution in [3.05, 3.63) is 11.5 Å². The van der Waals surface area contributed by atoms with Gasteiger partial charge in [0.1, 0.15) is 0 Å². The third kappa shape index (κ3) is 1.62. The van der Waals surface area contributed by atoms with E-state index >= 15 is 0 Å². The van der Waals surface area contributed by atoms with Crippen molar-refractivity contribution in [3.8, 4) is 11.5 Å². The molecule has 0 aliphatic heterocycles. The Kier molecular flexibility index (Phi) is 2.01. The van der Waals surface area contributed by atoms with Crippen LogP contribution in [0.25, 0.3) is 11.5 Å². The summed E-state index contributed by atoms with van der Waals surface area (Å²) in [6, 6.07) is 0. The number of halogens is 1. The van der Waals surface area contributed by atoms with E-state index in [1.165, 1.54) is 4.68 Å². The van der Waals surface area contributed by atoms with Crippen LogP contribution in [-0.2, 0) is 7.05 Å². The maximum atomic E-state index is 5.61. The highest BCUT2D eigenvalue weighted by atomic mass is 35.5. The fraction of sp³-hybridized carbons (Fsp3) is 0.167. The molecular weight excluding hydrogens is 206 g/mol. The SMILES string of the molecule is Cn1cc(-c2nc(N)nc(Cl)n2)nn1. The Morgan fingerprint density at radius 3 is 2.71 bits per heavy atom. The first-order valence-corrected chi connectivity index (χ1v) is 4.06. The van der Waals surface area contributed by atoms with Gasteiger partial charge in [-0.1, -0.05) is 5.21 Å². The lowest BCUT2D eigenvalue weighted by molar-refractivity contribution is 0.715. The Balaban J connectivity index is 2.51. The molecule has 0 radical (unpaired) electrons. The second kappa shape index (κ2) is 3.18. The third-order valence-electron chi connectivity index (χ3n) is 1.46.